The number of aryl methyl sites for hydroxylation is 2. The first-order chi connectivity index (χ1) is 17.9. The Hall–Kier alpha value is -2.26. The SMILES string of the molecule is CCc1cc2c(nc1OCC(F)F)CCN(CCC1CCC(C=NC(=O)Cc3cnc(C)s3)CC1)CC2. The van der Waals surface area contributed by atoms with Crippen molar-refractivity contribution in [1.82, 2.24) is 14.9 Å². The smallest absolute Gasteiger partial charge is 0.272 e. The molecule has 0 atom stereocenters. The first-order valence-electron chi connectivity index (χ1n) is 13.5. The van der Waals surface area contributed by atoms with Gasteiger partial charge >= 0.3 is 0 Å². The zero-order valence-corrected chi connectivity index (χ0v) is 22.7. The number of halogens is 2. The number of hydrogen-bond acceptors (Lipinski definition) is 6. The molecule has 9 heteroatoms. The highest BCUT2D eigenvalue weighted by Crippen LogP contribution is 2.31. The van der Waals surface area contributed by atoms with Gasteiger partial charge in [-0.2, -0.15) is 0 Å². The number of carbonyl (C=O) groups is 1. The van der Waals surface area contributed by atoms with Gasteiger partial charge in [-0.3, -0.25) is 4.79 Å². The summed E-state index contributed by atoms with van der Waals surface area (Å²) in [5.74, 6) is 1.40. The summed E-state index contributed by atoms with van der Waals surface area (Å²) in [4.78, 5) is 28.7. The van der Waals surface area contributed by atoms with Crippen LogP contribution in [0.5, 0.6) is 5.88 Å². The number of rotatable bonds is 10. The Bertz CT molecular complexity index is 1070. The zero-order chi connectivity index (χ0) is 26.2. The number of aliphatic imine (C=N–C) groups is 1. The van der Waals surface area contributed by atoms with Crippen molar-refractivity contribution in [2.75, 3.05) is 26.2 Å². The maximum Gasteiger partial charge on any atom is 0.272 e. The average Bonchev–Trinajstić information content (AvgIpc) is 3.19. The van der Waals surface area contributed by atoms with Crippen molar-refractivity contribution in [2.24, 2.45) is 16.8 Å². The lowest BCUT2D eigenvalue weighted by atomic mass is 9.81. The number of ether oxygens (including phenoxy) is 1. The van der Waals surface area contributed by atoms with Crippen LogP contribution in [0.3, 0.4) is 0 Å². The molecule has 1 aliphatic heterocycles. The average molecular weight is 533 g/mol. The molecule has 2 aromatic heterocycles. The molecule has 2 aliphatic rings. The lowest BCUT2D eigenvalue weighted by Gasteiger charge is -2.28. The highest BCUT2D eigenvalue weighted by Gasteiger charge is 2.23. The topological polar surface area (TPSA) is 67.7 Å². The fraction of sp³-hybridized carbons (Fsp3) is 0.643. The molecule has 1 saturated carbocycles. The first-order valence-corrected chi connectivity index (χ1v) is 14.3. The van der Waals surface area contributed by atoms with Gasteiger partial charge in [-0.15, -0.1) is 11.3 Å². The zero-order valence-electron chi connectivity index (χ0n) is 21.9. The van der Waals surface area contributed by atoms with Gasteiger partial charge in [0, 0.05) is 48.1 Å². The van der Waals surface area contributed by atoms with E-state index < -0.39 is 13.0 Å². The summed E-state index contributed by atoms with van der Waals surface area (Å²) >= 11 is 1.55. The number of alkyl halides is 2. The van der Waals surface area contributed by atoms with E-state index in [1.54, 1.807) is 17.5 Å². The van der Waals surface area contributed by atoms with Crippen LogP contribution in [0.4, 0.5) is 8.78 Å². The molecule has 0 saturated heterocycles. The Labute approximate surface area is 222 Å². The molecule has 0 bridgehead atoms. The van der Waals surface area contributed by atoms with Crippen LogP contribution in [0.25, 0.3) is 0 Å². The van der Waals surface area contributed by atoms with Gasteiger partial charge in [0.2, 0.25) is 5.88 Å². The maximum absolute atomic E-state index is 12.6. The predicted octanol–water partition coefficient (Wildman–Crippen LogP) is 5.49. The number of carbonyl (C=O) groups excluding carboxylic acids is 1. The Morgan fingerprint density at radius 1 is 1.27 bits per heavy atom. The number of aromatic nitrogens is 2. The third-order valence-electron chi connectivity index (χ3n) is 7.49. The van der Waals surface area contributed by atoms with Crippen molar-refractivity contribution in [3.8, 4) is 5.88 Å². The summed E-state index contributed by atoms with van der Waals surface area (Å²) in [5.41, 5.74) is 3.13. The van der Waals surface area contributed by atoms with Crippen molar-refractivity contribution in [3.63, 3.8) is 0 Å². The molecule has 1 fully saturated rings. The molecule has 0 N–H and O–H groups in total. The second-order valence-electron chi connectivity index (χ2n) is 10.2. The Morgan fingerprint density at radius 2 is 2.05 bits per heavy atom. The molecule has 0 spiro atoms. The second kappa shape index (κ2) is 13.5. The van der Waals surface area contributed by atoms with Crippen molar-refractivity contribution in [1.29, 1.82) is 0 Å². The summed E-state index contributed by atoms with van der Waals surface area (Å²) in [6.45, 7) is 6.34. The molecular weight excluding hydrogens is 494 g/mol. The van der Waals surface area contributed by atoms with Crippen LogP contribution in [-0.4, -0.2) is 59.7 Å². The molecule has 1 aliphatic carbocycles. The Morgan fingerprint density at radius 3 is 2.76 bits per heavy atom. The van der Waals surface area contributed by atoms with Crippen molar-refractivity contribution in [3.05, 3.63) is 39.0 Å². The third kappa shape index (κ3) is 8.37. The molecule has 4 rings (SSSR count). The summed E-state index contributed by atoms with van der Waals surface area (Å²) in [5, 5.41) is 0.975. The van der Waals surface area contributed by atoms with Crippen molar-refractivity contribution < 1.29 is 18.3 Å². The van der Waals surface area contributed by atoms with E-state index >= 15 is 0 Å². The van der Waals surface area contributed by atoms with E-state index in [4.69, 9.17) is 4.74 Å². The molecule has 0 aromatic carbocycles. The number of thiazole rings is 1. The number of amides is 1. The van der Waals surface area contributed by atoms with E-state index in [1.165, 1.54) is 24.8 Å². The lowest BCUT2D eigenvalue weighted by Crippen LogP contribution is -2.29. The van der Waals surface area contributed by atoms with Crippen LogP contribution in [-0.2, 0) is 30.5 Å². The molecular formula is C28H38F2N4O2S. The van der Waals surface area contributed by atoms with Crippen LogP contribution in [0.2, 0.25) is 0 Å². The van der Waals surface area contributed by atoms with Gasteiger partial charge in [0.15, 0.2) is 6.61 Å². The quantitative estimate of drug-likeness (QED) is 0.379. The van der Waals surface area contributed by atoms with E-state index in [0.717, 1.165) is 72.9 Å². The van der Waals surface area contributed by atoms with E-state index in [1.807, 2.05) is 20.1 Å². The Balaban J connectivity index is 1.19. The van der Waals surface area contributed by atoms with Crippen molar-refractivity contribution >= 4 is 23.5 Å². The number of nitrogens with zero attached hydrogens (tertiary/aromatic N) is 4. The highest BCUT2D eigenvalue weighted by atomic mass is 32.1. The standard InChI is InChI=1S/C28H38F2N4O2S/c1-3-22-14-23-9-12-34(13-10-25(23)33-28(22)36-18-26(29)30)11-8-20-4-6-21(7-5-20)16-32-27(35)15-24-17-31-19(2)37-24/h14,16-17,20-21,26H,3-13,15,18H2,1-2H3. The van der Waals surface area contributed by atoms with Gasteiger partial charge in [0.25, 0.3) is 12.3 Å². The second-order valence-corrected chi connectivity index (χ2v) is 11.5. The first kappa shape index (κ1) is 27.8. The van der Waals surface area contributed by atoms with E-state index in [2.05, 4.69) is 25.9 Å². The van der Waals surface area contributed by atoms with Gasteiger partial charge in [0.05, 0.1) is 11.4 Å². The largest absolute Gasteiger partial charge is 0.471 e. The van der Waals surface area contributed by atoms with Gasteiger partial charge in [-0.25, -0.2) is 23.7 Å². The van der Waals surface area contributed by atoms with Crippen LogP contribution in [0.1, 0.15) is 65.7 Å². The monoisotopic (exact) mass is 532 g/mol. The summed E-state index contributed by atoms with van der Waals surface area (Å²) < 4.78 is 30.6. The van der Waals surface area contributed by atoms with Gasteiger partial charge in [-0.1, -0.05) is 6.92 Å². The van der Waals surface area contributed by atoms with Gasteiger partial charge < -0.3 is 9.64 Å². The summed E-state index contributed by atoms with van der Waals surface area (Å²) in [7, 11) is 0. The minimum atomic E-state index is -2.50. The molecule has 6 nitrogen and oxygen atoms in total. The van der Waals surface area contributed by atoms with E-state index in [9.17, 15) is 13.6 Å². The van der Waals surface area contributed by atoms with Gasteiger partial charge in [0.1, 0.15) is 0 Å². The maximum atomic E-state index is 12.6. The molecule has 1 amide bonds. The van der Waals surface area contributed by atoms with Crippen LogP contribution < -0.4 is 4.74 Å². The minimum absolute atomic E-state index is 0.0822. The van der Waals surface area contributed by atoms with Crippen LogP contribution >= 0.6 is 11.3 Å². The number of fused-ring (bicyclic) bond motifs is 1. The molecule has 0 radical (unpaired) electrons. The number of hydrogen-bond donors (Lipinski definition) is 0. The lowest BCUT2D eigenvalue weighted by molar-refractivity contribution is -0.117. The molecule has 0 unspecified atom stereocenters. The van der Waals surface area contributed by atoms with Crippen LogP contribution in [0, 0.1) is 18.8 Å². The summed E-state index contributed by atoms with van der Waals surface area (Å²) in [6.07, 6.45) is 9.70. The summed E-state index contributed by atoms with van der Waals surface area (Å²) in [6, 6.07) is 2.11. The third-order valence-corrected chi connectivity index (χ3v) is 8.40. The molecule has 202 valence electrons. The fourth-order valence-electron chi connectivity index (χ4n) is 5.31. The van der Waals surface area contributed by atoms with E-state index in [-0.39, 0.29) is 5.91 Å². The number of pyridine rings is 1. The van der Waals surface area contributed by atoms with Crippen molar-refractivity contribution in [2.45, 2.75) is 78.1 Å². The predicted molar refractivity (Wildman–Crippen MR) is 143 cm³/mol. The van der Waals surface area contributed by atoms with E-state index in [0.29, 0.717) is 24.1 Å². The highest BCUT2D eigenvalue weighted by molar-refractivity contribution is 7.11. The molecule has 3 heterocycles. The van der Waals surface area contributed by atoms with Crippen LogP contribution in [0.15, 0.2) is 17.3 Å². The molecule has 37 heavy (non-hydrogen) atoms. The fourth-order valence-corrected chi connectivity index (χ4v) is 6.10. The normalized spacial score (nSPS) is 20.8. The molecule has 2 aromatic rings. The minimum Gasteiger partial charge on any atom is -0.471 e. The Kier molecular flexibility index (Phi) is 10.1. The van der Waals surface area contributed by atoms with Gasteiger partial charge in [-0.05, 0) is 81.9 Å².